The minimum absolute atomic E-state index is 0.676. The highest BCUT2D eigenvalue weighted by molar-refractivity contribution is 5.21. The zero-order chi connectivity index (χ0) is 10.5. The topological polar surface area (TPSA) is 12.0 Å². The van der Waals surface area contributed by atoms with Gasteiger partial charge in [0.15, 0.2) is 0 Å². The molecular formula is C14H21N. The van der Waals surface area contributed by atoms with Gasteiger partial charge >= 0.3 is 0 Å². The van der Waals surface area contributed by atoms with Crippen molar-refractivity contribution in [1.82, 2.24) is 5.32 Å². The molecule has 0 spiro atoms. The van der Waals surface area contributed by atoms with Crippen LogP contribution in [0, 0.1) is 0 Å². The standard InChI is InChI=1S/C14H21N/c1-15-14-11-7-3-6-10-13(14)12-8-4-2-5-9-12/h2,4-5,8-9,13-15H,3,6-7,10-11H2,1H3. The molecule has 0 radical (unpaired) electrons. The van der Waals surface area contributed by atoms with Crippen molar-refractivity contribution >= 4 is 0 Å². The average Bonchev–Trinajstić information content (AvgIpc) is 2.55. The van der Waals surface area contributed by atoms with Gasteiger partial charge in [-0.2, -0.15) is 0 Å². The maximum absolute atomic E-state index is 3.49. The Morgan fingerprint density at radius 2 is 1.73 bits per heavy atom. The summed E-state index contributed by atoms with van der Waals surface area (Å²) in [6.07, 6.45) is 6.85. The van der Waals surface area contributed by atoms with Crippen LogP contribution in [0.15, 0.2) is 30.3 Å². The lowest BCUT2D eigenvalue weighted by Gasteiger charge is -2.25. The quantitative estimate of drug-likeness (QED) is 0.727. The fourth-order valence-electron chi connectivity index (χ4n) is 2.75. The van der Waals surface area contributed by atoms with Crippen LogP contribution >= 0.6 is 0 Å². The number of hydrogen-bond donors (Lipinski definition) is 1. The lowest BCUT2D eigenvalue weighted by molar-refractivity contribution is 0.439. The van der Waals surface area contributed by atoms with Crippen molar-refractivity contribution in [2.24, 2.45) is 0 Å². The number of likely N-dealkylation sites (N-methyl/N-ethyl adjacent to an activating group) is 1. The molecule has 2 unspecified atom stereocenters. The Morgan fingerprint density at radius 1 is 1.00 bits per heavy atom. The van der Waals surface area contributed by atoms with Crippen molar-refractivity contribution in [1.29, 1.82) is 0 Å². The highest BCUT2D eigenvalue weighted by atomic mass is 14.9. The molecule has 1 aliphatic rings. The summed E-state index contributed by atoms with van der Waals surface area (Å²) in [7, 11) is 2.10. The minimum atomic E-state index is 0.676. The Morgan fingerprint density at radius 3 is 2.47 bits per heavy atom. The van der Waals surface area contributed by atoms with Gasteiger partial charge < -0.3 is 5.32 Å². The zero-order valence-electron chi connectivity index (χ0n) is 9.58. The van der Waals surface area contributed by atoms with E-state index in [2.05, 4.69) is 42.7 Å². The Labute approximate surface area is 92.9 Å². The van der Waals surface area contributed by atoms with Gasteiger partial charge in [-0.05, 0) is 31.4 Å². The molecule has 1 aromatic carbocycles. The van der Waals surface area contributed by atoms with E-state index in [1.165, 1.54) is 37.7 Å². The Balaban J connectivity index is 2.16. The van der Waals surface area contributed by atoms with Crippen LogP contribution in [0.4, 0.5) is 0 Å². The SMILES string of the molecule is CNC1CCCCCC1c1ccccc1. The molecule has 0 amide bonds. The third kappa shape index (κ3) is 2.60. The number of nitrogens with one attached hydrogen (secondary N) is 1. The third-order valence-corrected chi connectivity index (χ3v) is 3.61. The number of rotatable bonds is 2. The van der Waals surface area contributed by atoms with Crippen molar-refractivity contribution in [3.05, 3.63) is 35.9 Å². The molecule has 82 valence electrons. The molecule has 2 rings (SSSR count). The molecule has 1 nitrogen and oxygen atoms in total. The van der Waals surface area contributed by atoms with Crippen LogP contribution in [0.3, 0.4) is 0 Å². The fourth-order valence-corrected chi connectivity index (χ4v) is 2.75. The molecule has 0 aromatic heterocycles. The molecule has 0 aliphatic heterocycles. The fraction of sp³-hybridized carbons (Fsp3) is 0.571. The molecule has 1 aliphatic carbocycles. The monoisotopic (exact) mass is 203 g/mol. The van der Waals surface area contributed by atoms with E-state index in [4.69, 9.17) is 0 Å². The molecular weight excluding hydrogens is 182 g/mol. The van der Waals surface area contributed by atoms with Crippen molar-refractivity contribution in [3.63, 3.8) is 0 Å². The van der Waals surface area contributed by atoms with E-state index in [1.807, 2.05) is 0 Å². The van der Waals surface area contributed by atoms with E-state index >= 15 is 0 Å². The third-order valence-electron chi connectivity index (χ3n) is 3.61. The second-order valence-electron chi connectivity index (χ2n) is 4.55. The van der Waals surface area contributed by atoms with E-state index in [-0.39, 0.29) is 0 Å². The first-order chi connectivity index (χ1) is 7.42. The molecule has 1 aromatic rings. The summed E-state index contributed by atoms with van der Waals surface area (Å²) in [5.74, 6) is 0.721. The lowest BCUT2D eigenvalue weighted by Crippen LogP contribution is -2.31. The minimum Gasteiger partial charge on any atom is -0.316 e. The van der Waals surface area contributed by atoms with E-state index in [0.717, 1.165) is 5.92 Å². The number of benzene rings is 1. The summed E-state index contributed by atoms with van der Waals surface area (Å²) in [4.78, 5) is 0. The lowest BCUT2D eigenvalue weighted by atomic mass is 9.88. The predicted octanol–water partition coefficient (Wildman–Crippen LogP) is 3.32. The Hall–Kier alpha value is -0.820. The molecule has 0 bridgehead atoms. The normalized spacial score (nSPS) is 27.3. The van der Waals surface area contributed by atoms with Gasteiger partial charge in [-0.15, -0.1) is 0 Å². The average molecular weight is 203 g/mol. The predicted molar refractivity (Wildman–Crippen MR) is 65.1 cm³/mol. The zero-order valence-corrected chi connectivity index (χ0v) is 9.58. The second-order valence-corrected chi connectivity index (χ2v) is 4.55. The first-order valence-corrected chi connectivity index (χ1v) is 6.14. The van der Waals surface area contributed by atoms with Crippen molar-refractivity contribution in [2.45, 2.75) is 44.1 Å². The van der Waals surface area contributed by atoms with Crippen molar-refractivity contribution in [3.8, 4) is 0 Å². The van der Waals surface area contributed by atoms with Crippen LogP contribution in [-0.4, -0.2) is 13.1 Å². The largest absolute Gasteiger partial charge is 0.316 e. The van der Waals surface area contributed by atoms with Crippen LogP contribution < -0.4 is 5.32 Å². The maximum atomic E-state index is 3.49. The van der Waals surface area contributed by atoms with Gasteiger partial charge in [-0.25, -0.2) is 0 Å². The molecule has 1 N–H and O–H groups in total. The van der Waals surface area contributed by atoms with Gasteiger partial charge in [-0.3, -0.25) is 0 Å². The van der Waals surface area contributed by atoms with Gasteiger partial charge in [0.1, 0.15) is 0 Å². The van der Waals surface area contributed by atoms with Crippen LogP contribution in [0.5, 0.6) is 0 Å². The van der Waals surface area contributed by atoms with Crippen molar-refractivity contribution in [2.75, 3.05) is 7.05 Å². The summed E-state index contributed by atoms with van der Waals surface area (Å²) in [6.45, 7) is 0. The first kappa shape index (κ1) is 10.7. The summed E-state index contributed by atoms with van der Waals surface area (Å²) in [5, 5.41) is 3.49. The highest BCUT2D eigenvalue weighted by Gasteiger charge is 2.23. The molecule has 1 fully saturated rings. The summed E-state index contributed by atoms with van der Waals surface area (Å²) in [5.41, 5.74) is 1.51. The van der Waals surface area contributed by atoms with Gasteiger partial charge in [-0.1, -0.05) is 49.6 Å². The van der Waals surface area contributed by atoms with E-state index in [9.17, 15) is 0 Å². The van der Waals surface area contributed by atoms with E-state index < -0.39 is 0 Å². The molecule has 2 atom stereocenters. The molecule has 0 heterocycles. The summed E-state index contributed by atoms with van der Waals surface area (Å²) >= 11 is 0. The second kappa shape index (κ2) is 5.32. The van der Waals surface area contributed by atoms with Gasteiger partial charge in [0.25, 0.3) is 0 Å². The van der Waals surface area contributed by atoms with Crippen LogP contribution in [0.1, 0.15) is 43.6 Å². The summed E-state index contributed by atoms with van der Waals surface area (Å²) < 4.78 is 0. The van der Waals surface area contributed by atoms with Crippen molar-refractivity contribution < 1.29 is 0 Å². The van der Waals surface area contributed by atoms with E-state index in [0.29, 0.717) is 6.04 Å². The maximum Gasteiger partial charge on any atom is 0.0133 e. The smallest absolute Gasteiger partial charge is 0.0133 e. The molecule has 1 saturated carbocycles. The van der Waals surface area contributed by atoms with Crippen LogP contribution in [0.2, 0.25) is 0 Å². The Kier molecular flexibility index (Phi) is 3.79. The Bertz CT molecular complexity index is 281. The number of hydrogen-bond acceptors (Lipinski definition) is 1. The molecule has 0 saturated heterocycles. The van der Waals surface area contributed by atoms with Gasteiger partial charge in [0.05, 0.1) is 0 Å². The highest BCUT2D eigenvalue weighted by Crippen LogP contribution is 2.31. The van der Waals surface area contributed by atoms with Crippen LogP contribution in [0.25, 0.3) is 0 Å². The van der Waals surface area contributed by atoms with Gasteiger partial charge in [0.2, 0.25) is 0 Å². The van der Waals surface area contributed by atoms with Gasteiger partial charge in [0, 0.05) is 6.04 Å². The van der Waals surface area contributed by atoms with Crippen LogP contribution in [-0.2, 0) is 0 Å². The summed E-state index contributed by atoms with van der Waals surface area (Å²) in [6, 6.07) is 11.7. The first-order valence-electron chi connectivity index (χ1n) is 6.14. The molecule has 15 heavy (non-hydrogen) atoms. The molecule has 1 heteroatoms. The van der Waals surface area contributed by atoms with E-state index in [1.54, 1.807) is 0 Å².